The Hall–Kier alpha value is -4.10. The lowest BCUT2D eigenvalue weighted by Crippen LogP contribution is -2.71. The Balaban J connectivity index is 1.52. The summed E-state index contributed by atoms with van der Waals surface area (Å²) in [7, 11) is 1.68. The van der Waals surface area contributed by atoms with Crippen molar-refractivity contribution in [2.75, 3.05) is 28.7 Å². The molecule has 40 heavy (non-hydrogen) atoms. The summed E-state index contributed by atoms with van der Waals surface area (Å²) in [6.07, 6.45) is -1.37. The molecule has 212 valence electrons. The highest BCUT2D eigenvalue weighted by Crippen LogP contribution is 2.41. The van der Waals surface area contributed by atoms with E-state index in [0.29, 0.717) is 16.5 Å². The maximum absolute atomic E-state index is 13.1. The Morgan fingerprint density at radius 1 is 1.38 bits per heavy atom. The van der Waals surface area contributed by atoms with Crippen LogP contribution in [0.5, 0.6) is 0 Å². The number of carboxylic acids is 2. The first-order valence-corrected chi connectivity index (χ1v) is 14.2. The normalized spacial score (nSPS) is 19.5. The first-order valence-electron chi connectivity index (χ1n) is 11.3. The summed E-state index contributed by atoms with van der Waals surface area (Å²) in [5, 5.41) is 28.5. The molecule has 0 bridgehead atoms. The topological polar surface area (TPSA) is 256 Å². The third kappa shape index (κ3) is 5.75. The molecule has 0 saturated carbocycles. The van der Waals surface area contributed by atoms with Crippen molar-refractivity contribution in [3.05, 3.63) is 28.4 Å². The summed E-state index contributed by atoms with van der Waals surface area (Å²) >= 11 is 3.45. The Labute approximate surface area is 238 Å². The van der Waals surface area contributed by atoms with E-state index >= 15 is 0 Å². The summed E-state index contributed by atoms with van der Waals surface area (Å²) in [4.78, 5) is 63.5. The lowest BCUT2D eigenvalue weighted by molar-refractivity contribution is -0.698. The molecule has 4 rings (SSSR count). The van der Waals surface area contributed by atoms with Crippen LogP contribution in [-0.4, -0.2) is 78.5 Å². The average Bonchev–Trinajstić information content (AvgIpc) is 3.33. The van der Waals surface area contributed by atoms with Crippen molar-refractivity contribution in [3.63, 3.8) is 0 Å². The number of aliphatic carboxylic acids is 2. The van der Waals surface area contributed by atoms with Crippen LogP contribution < -0.4 is 32.2 Å². The summed E-state index contributed by atoms with van der Waals surface area (Å²) in [6, 6.07) is 0.384. The molecule has 19 heteroatoms. The van der Waals surface area contributed by atoms with Crippen LogP contribution in [0, 0.1) is 0 Å². The number of oxime groups is 1. The zero-order valence-corrected chi connectivity index (χ0v) is 23.3. The predicted molar refractivity (Wildman–Crippen MR) is 143 cm³/mol. The van der Waals surface area contributed by atoms with Gasteiger partial charge in [-0.15, -0.1) is 23.1 Å². The second-order valence-electron chi connectivity index (χ2n) is 8.43. The van der Waals surface area contributed by atoms with Gasteiger partial charge >= 0.3 is 11.1 Å². The number of nitrogens with one attached hydrogen (secondary N) is 1. The number of amides is 2. The minimum absolute atomic E-state index is 0.0103. The first-order chi connectivity index (χ1) is 18.9. The number of carbonyl (C=O) groups excluding carboxylic acids is 3. The molecule has 1 fully saturated rings. The minimum atomic E-state index is -1.54. The van der Waals surface area contributed by atoms with Crippen molar-refractivity contribution < 1.29 is 38.8 Å². The molecule has 8 N–H and O–H groups in total. The molecule has 0 aliphatic carbocycles. The van der Waals surface area contributed by atoms with Crippen molar-refractivity contribution in [2.45, 2.75) is 29.6 Å². The van der Waals surface area contributed by atoms with E-state index < -0.39 is 47.0 Å². The van der Waals surface area contributed by atoms with Crippen LogP contribution in [-0.2, 0) is 31.1 Å². The van der Waals surface area contributed by atoms with E-state index in [2.05, 4.69) is 20.4 Å². The molecule has 2 aliphatic heterocycles. The second kappa shape index (κ2) is 11.6. The number of thioether (sulfide) groups is 2. The molecule has 0 spiro atoms. The summed E-state index contributed by atoms with van der Waals surface area (Å²) in [5.74, 6) is -3.47. The smallest absolute Gasteiger partial charge is 0.347 e. The van der Waals surface area contributed by atoms with Crippen LogP contribution in [0.3, 0.4) is 0 Å². The van der Waals surface area contributed by atoms with Crippen LogP contribution in [0.15, 0.2) is 33.0 Å². The Kier molecular flexibility index (Phi) is 8.35. The molecule has 0 radical (unpaired) electrons. The highest BCUT2D eigenvalue weighted by atomic mass is 32.2. The van der Waals surface area contributed by atoms with Crippen molar-refractivity contribution in [3.8, 4) is 0 Å². The largest absolute Gasteiger partial charge is 0.543 e. The highest BCUT2D eigenvalue weighted by Gasteiger charge is 2.53. The number of hydrogen-bond acceptors (Lipinski definition) is 15. The van der Waals surface area contributed by atoms with Gasteiger partial charge in [0.1, 0.15) is 17.1 Å². The lowest BCUT2D eigenvalue weighted by atomic mass is 10.0. The molecule has 16 nitrogen and oxygen atoms in total. The van der Waals surface area contributed by atoms with Gasteiger partial charge in [-0.1, -0.05) is 10.1 Å². The second-order valence-corrected chi connectivity index (χ2v) is 11.4. The molecule has 3 atom stereocenters. The number of nitrogen functional groups attached to an aromatic ring is 3. The van der Waals surface area contributed by atoms with Gasteiger partial charge in [-0.2, -0.15) is 0 Å². The fraction of sp³-hybridized carbons (Fsp3) is 0.333. The molecule has 2 aromatic heterocycles. The fourth-order valence-corrected chi connectivity index (χ4v) is 6.66. The molecule has 2 aromatic rings. The third-order valence-corrected chi connectivity index (χ3v) is 8.86. The molecular formula is C21H23N9O7S3. The zero-order valence-electron chi connectivity index (χ0n) is 20.9. The number of carboxylic acid groups (broad SMARTS) is 2. The van der Waals surface area contributed by atoms with Crippen molar-refractivity contribution in [1.29, 1.82) is 0 Å². The van der Waals surface area contributed by atoms with Gasteiger partial charge in [0.25, 0.3) is 11.8 Å². The van der Waals surface area contributed by atoms with E-state index in [0.717, 1.165) is 16.2 Å². The molecular weight excluding hydrogens is 586 g/mol. The van der Waals surface area contributed by atoms with Gasteiger partial charge in [0.15, 0.2) is 10.8 Å². The summed E-state index contributed by atoms with van der Waals surface area (Å²) < 4.78 is 1.59. The number of carbonyl (C=O) groups is 4. The van der Waals surface area contributed by atoms with E-state index in [4.69, 9.17) is 27.1 Å². The van der Waals surface area contributed by atoms with Crippen molar-refractivity contribution >= 4 is 81.1 Å². The molecule has 1 unspecified atom stereocenters. The van der Waals surface area contributed by atoms with Crippen LogP contribution >= 0.6 is 34.9 Å². The standard InChI is InChI=1S/C21H23N9O7S3/c1-7(18(33)34)37-28-12(9-6-39-20(24)25-9)15(31)27-13-16(32)30-14(19(35)36)8(4-38-17(13)30)5-40-21-26-10(22)3-11(23)29(21)2/h3,6-7,13,17H,4-5H2,1-2H3,(H8,22,23,24,25,27,31,33,34,35,36)/b28-12-/t7-,13?,17+/m0/s1. The Morgan fingerprint density at radius 3 is 2.73 bits per heavy atom. The number of β-lactam (4-membered cyclic amide) rings is 1. The number of fused-ring (bicyclic) bond motifs is 1. The Morgan fingerprint density at radius 2 is 2.10 bits per heavy atom. The highest BCUT2D eigenvalue weighted by molar-refractivity contribution is 8.01. The summed E-state index contributed by atoms with van der Waals surface area (Å²) in [6.45, 7) is 1.21. The SMILES string of the molecule is C[C@H](O/N=C(\C(=O)NC1C(=O)N2C(C(=O)[O-])=C(CSc3nc(N)cc(N)[n+]3C)CS[C@H]12)c1csc(N)n1)C(=O)O. The van der Waals surface area contributed by atoms with Gasteiger partial charge in [0, 0.05) is 16.9 Å². The summed E-state index contributed by atoms with van der Waals surface area (Å²) in [5.41, 5.74) is 17.1. The lowest BCUT2D eigenvalue weighted by Gasteiger charge is -2.50. The monoisotopic (exact) mass is 609 g/mol. The maximum atomic E-state index is 13.1. The van der Waals surface area contributed by atoms with Crippen LogP contribution in [0.25, 0.3) is 0 Å². The van der Waals surface area contributed by atoms with Crippen LogP contribution in [0.1, 0.15) is 12.6 Å². The van der Waals surface area contributed by atoms with Gasteiger partial charge in [0.05, 0.1) is 24.8 Å². The number of nitrogens with zero attached hydrogens (tertiary/aromatic N) is 5. The number of thiazole rings is 1. The first kappa shape index (κ1) is 28.9. The molecule has 0 aromatic carbocycles. The Bertz CT molecular complexity index is 1460. The molecule has 2 amide bonds. The number of hydrogen-bond donors (Lipinski definition) is 5. The minimum Gasteiger partial charge on any atom is -0.543 e. The van der Waals surface area contributed by atoms with Gasteiger partial charge < -0.3 is 42.4 Å². The number of anilines is 3. The maximum Gasteiger partial charge on any atom is 0.347 e. The molecule has 4 heterocycles. The van der Waals surface area contributed by atoms with Gasteiger partial charge in [0.2, 0.25) is 17.7 Å². The molecule has 2 aliphatic rings. The average molecular weight is 610 g/mol. The fourth-order valence-electron chi connectivity index (χ4n) is 3.63. The number of nitrogens with two attached hydrogens (primary N) is 3. The van der Waals surface area contributed by atoms with Crippen LogP contribution in [0.2, 0.25) is 0 Å². The van der Waals surface area contributed by atoms with E-state index in [1.54, 1.807) is 11.6 Å². The molecule has 1 saturated heterocycles. The van der Waals surface area contributed by atoms with Gasteiger partial charge in [-0.05, 0) is 24.3 Å². The quantitative estimate of drug-likeness (QED) is 0.0466. The van der Waals surface area contributed by atoms with Crippen molar-refractivity contribution in [2.24, 2.45) is 12.2 Å². The van der Waals surface area contributed by atoms with Gasteiger partial charge in [-0.25, -0.2) is 14.3 Å². The zero-order chi connectivity index (χ0) is 29.3. The van der Waals surface area contributed by atoms with E-state index in [1.165, 1.54) is 41.9 Å². The number of rotatable bonds is 10. The van der Waals surface area contributed by atoms with Crippen LogP contribution in [0.4, 0.5) is 16.8 Å². The van der Waals surface area contributed by atoms with E-state index in [1.807, 2.05) is 0 Å². The number of aromatic nitrogens is 3. The van der Waals surface area contributed by atoms with Gasteiger partial charge in [-0.3, -0.25) is 14.5 Å². The predicted octanol–water partition coefficient (Wildman–Crippen LogP) is -2.50. The third-order valence-electron chi connectivity index (χ3n) is 5.73. The van der Waals surface area contributed by atoms with Crippen molar-refractivity contribution in [1.82, 2.24) is 20.2 Å². The van der Waals surface area contributed by atoms with E-state index in [9.17, 15) is 24.3 Å². The van der Waals surface area contributed by atoms with E-state index in [-0.39, 0.29) is 33.8 Å².